The zero-order chi connectivity index (χ0) is 11.1. The smallest absolute Gasteiger partial charge is 0.0621 e. The molecule has 90 valence electrons. The molecule has 0 saturated heterocycles. The molecule has 0 aromatic heterocycles. The second-order valence-electron chi connectivity index (χ2n) is 4.81. The maximum Gasteiger partial charge on any atom is 0.0621 e. The van der Waals surface area contributed by atoms with Crippen LogP contribution in [-0.4, -0.2) is 26.9 Å². The zero-order valence-corrected chi connectivity index (χ0v) is 10.5. The Morgan fingerprint density at radius 3 is 2.33 bits per heavy atom. The minimum Gasteiger partial charge on any atom is -0.385 e. The summed E-state index contributed by atoms with van der Waals surface area (Å²) in [6.45, 7) is 3.16. The lowest BCUT2D eigenvalue weighted by Crippen LogP contribution is -2.29. The van der Waals surface area contributed by atoms with Crippen LogP contribution in [0.1, 0.15) is 45.4 Å². The van der Waals surface area contributed by atoms with Crippen molar-refractivity contribution < 1.29 is 9.47 Å². The van der Waals surface area contributed by atoms with Gasteiger partial charge in [0.2, 0.25) is 0 Å². The average molecular weight is 214 g/mol. The fourth-order valence-electron chi connectivity index (χ4n) is 2.79. The summed E-state index contributed by atoms with van der Waals surface area (Å²) in [4.78, 5) is 0. The summed E-state index contributed by atoms with van der Waals surface area (Å²) in [5.74, 6) is 1.56. The molecule has 0 amide bonds. The Morgan fingerprint density at radius 1 is 1.13 bits per heavy atom. The van der Waals surface area contributed by atoms with E-state index in [1.165, 1.54) is 32.1 Å². The lowest BCUT2D eigenvalue weighted by atomic mass is 9.78. The van der Waals surface area contributed by atoms with E-state index in [-0.39, 0.29) is 0 Å². The molecule has 2 unspecified atom stereocenters. The molecule has 0 heterocycles. The molecule has 15 heavy (non-hydrogen) atoms. The van der Waals surface area contributed by atoms with Gasteiger partial charge in [-0.05, 0) is 18.3 Å². The third-order valence-electron chi connectivity index (χ3n) is 3.89. The maximum absolute atomic E-state index is 5.59. The molecule has 2 nitrogen and oxygen atoms in total. The lowest BCUT2D eigenvalue weighted by molar-refractivity contribution is 0.00479. The third-order valence-corrected chi connectivity index (χ3v) is 3.89. The van der Waals surface area contributed by atoms with Gasteiger partial charge in [0.05, 0.1) is 6.10 Å². The monoisotopic (exact) mass is 214 g/mol. The Kier molecular flexibility index (Phi) is 6.26. The fraction of sp³-hybridized carbons (Fsp3) is 1.00. The van der Waals surface area contributed by atoms with Gasteiger partial charge < -0.3 is 9.47 Å². The van der Waals surface area contributed by atoms with Gasteiger partial charge in [-0.3, -0.25) is 0 Å². The van der Waals surface area contributed by atoms with Crippen LogP contribution in [0.25, 0.3) is 0 Å². The molecule has 0 bridgehead atoms. The molecule has 1 fully saturated rings. The molecule has 1 aliphatic rings. The number of rotatable bonds is 6. The van der Waals surface area contributed by atoms with Crippen LogP contribution in [0.15, 0.2) is 0 Å². The quantitative estimate of drug-likeness (QED) is 0.675. The lowest BCUT2D eigenvalue weighted by Gasteiger charge is -2.32. The molecule has 0 N–H and O–H groups in total. The van der Waals surface area contributed by atoms with Crippen LogP contribution < -0.4 is 0 Å². The predicted octanol–water partition coefficient (Wildman–Crippen LogP) is 3.25. The normalized spacial score (nSPS) is 22.6. The van der Waals surface area contributed by atoms with Crippen molar-refractivity contribution in [2.75, 3.05) is 20.8 Å². The Labute approximate surface area is 94.3 Å². The Morgan fingerprint density at radius 2 is 1.80 bits per heavy atom. The number of methoxy groups -OCH3 is 2. The van der Waals surface area contributed by atoms with Crippen molar-refractivity contribution in [1.29, 1.82) is 0 Å². The molecule has 1 saturated carbocycles. The van der Waals surface area contributed by atoms with Crippen molar-refractivity contribution in [3.63, 3.8) is 0 Å². The topological polar surface area (TPSA) is 18.5 Å². The van der Waals surface area contributed by atoms with Crippen LogP contribution in [0.2, 0.25) is 0 Å². The molecule has 1 aliphatic carbocycles. The summed E-state index contributed by atoms with van der Waals surface area (Å²) in [6, 6.07) is 0. The SMILES string of the molecule is COCCC(OC)C(C)C1CCCCC1. The van der Waals surface area contributed by atoms with Gasteiger partial charge in [0.25, 0.3) is 0 Å². The summed E-state index contributed by atoms with van der Waals surface area (Å²) < 4.78 is 10.7. The number of hydrogen-bond donors (Lipinski definition) is 0. The second kappa shape index (κ2) is 7.24. The van der Waals surface area contributed by atoms with Crippen molar-refractivity contribution in [3.8, 4) is 0 Å². The first kappa shape index (κ1) is 13.0. The fourth-order valence-corrected chi connectivity index (χ4v) is 2.79. The first-order valence-corrected chi connectivity index (χ1v) is 6.31. The highest BCUT2D eigenvalue weighted by atomic mass is 16.5. The van der Waals surface area contributed by atoms with Crippen molar-refractivity contribution in [2.24, 2.45) is 11.8 Å². The van der Waals surface area contributed by atoms with Gasteiger partial charge in [0, 0.05) is 20.8 Å². The van der Waals surface area contributed by atoms with Crippen molar-refractivity contribution >= 4 is 0 Å². The van der Waals surface area contributed by atoms with Gasteiger partial charge >= 0.3 is 0 Å². The van der Waals surface area contributed by atoms with E-state index in [0.29, 0.717) is 12.0 Å². The minimum atomic E-state index is 0.382. The maximum atomic E-state index is 5.59. The van der Waals surface area contributed by atoms with Crippen molar-refractivity contribution in [1.82, 2.24) is 0 Å². The molecule has 2 atom stereocenters. The summed E-state index contributed by atoms with van der Waals surface area (Å²) in [6.07, 6.45) is 8.46. The van der Waals surface area contributed by atoms with E-state index in [2.05, 4.69) is 6.92 Å². The van der Waals surface area contributed by atoms with Gasteiger partial charge in [-0.25, -0.2) is 0 Å². The Hall–Kier alpha value is -0.0800. The van der Waals surface area contributed by atoms with Gasteiger partial charge in [-0.15, -0.1) is 0 Å². The first-order valence-electron chi connectivity index (χ1n) is 6.31. The van der Waals surface area contributed by atoms with E-state index < -0.39 is 0 Å². The van der Waals surface area contributed by atoms with E-state index in [4.69, 9.17) is 9.47 Å². The summed E-state index contributed by atoms with van der Waals surface area (Å²) in [5, 5.41) is 0. The van der Waals surface area contributed by atoms with E-state index in [0.717, 1.165) is 18.9 Å². The van der Waals surface area contributed by atoms with E-state index >= 15 is 0 Å². The Balaban J connectivity index is 2.36. The summed E-state index contributed by atoms with van der Waals surface area (Å²) in [5.41, 5.74) is 0. The molecule has 0 spiro atoms. The molecule has 0 aliphatic heterocycles. The highest BCUT2D eigenvalue weighted by Gasteiger charge is 2.26. The van der Waals surface area contributed by atoms with E-state index in [1.54, 1.807) is 7.11 Å². The standard InChI is InChI=1S/C13H26O2/c1-11(12-7-5-4-6-8-12)13(15-3)9-10-14-2/h11-13H,4-10H2,1-3H3. The van der Waals surface area contributed by atoms with Crippen LogP contribution in [0.5, 0.6) is 0 Å². The molecular weight excluding hydrogens is 188 g/mol. The van der Waals surface area contributed by atoms with Crippen molar-refractivity contribution in [3.05, 3.63) is 0 Å². The van der Waals surface area contributed by atoms with Crippen LogP contribution in [-0.2, 0) is 9.47 Å². The molecule has 0 aromatic carbocycles. The molecule has 1 rings (SSSR count). The summed E-state index contributed by atoms with van der Waals surface area (Å²) in [7, 11) is 3.59. The van der Waals surface area contributed by atoms with Crippen molar-refractivity contribution in [2.45, 2.75) is 51.6 Å². The predicted molar refractivity (Wildman–Crippen MR) is 63.0 cm³/mol. The van der Waals surface area contributed by atoms with Gasteiger partial charge in [0.1, 0.15) is 0 Å². The zero-order valence-electron chi connectivity index (χ0n) is 10.5. The van der Waals surface area contributed by atoms with Crippen LogP contribution >= 0.6 is 0 Å². The molecule has 2 heteroatoms. The summed E-state index contributed by atoms with van der Waals surface area (Å²) >= 11 is 0. The highest BCUT2D eigenvalue weighted by molar-refractivity contribution is 4.77. The van der Waals surface area contributed by atoms with Crippen LogP contribution in [0, 0.1) is 11.8 Å². The molecule has 0 radical (unpaired) electrons. The van der Waals surface area contributed by atoms with Gasteiger partial charge in [0.15, 0.2) is 0 Å². The first-order chi connectivity index (χ1) is 7.29. The van der Waals surface area contributed by atoms with Crippen LogP contribution in [0.3, 0.4) is 0 Å². The number of ether oxygens (including phenoxy) is 2. The molecular formula is C13H26O2. The molecule has 0 aromatic rings. The Bertz CT molecular complexity index is 153. The van der Waals surface area contributed by atoms with E-state index in [1.807, 2.05) is 7.11 Å². The van der Waals surface area contributed by atoms with E-state index in [9.17, 15) is 0 Å². The average Bonchev–Trinajstić information content (AvgIpc) is 2.31. The third kappa shape index (κ3) is 4.12. The minimum absolute atomic E-state index is 0.382. The van der Waals surface area contributed by atoms with Crippen LogP contribution in [0.4, 0.5) is 0 Å². The number of hydrogen-bond acceptors (Lipinski definition) is 2. The highest BCUT2D eigenvalue weighted by Crippen LogP contribution is 2.33. The van der Waals surface area contributed by atoms with Gasteiger partial charge in [-0.2, -0.15) is 0 Å². The van der Waals surface area contributed by atoms with Gasteiger partial charge in [-0.1, -0.05) is 39.0 Å². The second-order valence-corrected chi connectivity index (χ2v) is 4.81. The largest absolute Gasteiger partial charge is 0.385 e.